The van der Waals surface area contributed by atoms with E-state index in [0.29, 0.717) is 5.88 Å². The summed E-state index contributed by atoms with van der Waals surface area (Å²) in [7, 11) is 1.89. The fraction of sp³-hybridized carbons (Fsp3) is 0.154. The van der Waals surface area contributed by atoms with Gasteiger partial charge in [0.05, 0.1) is 0 Å². The molecule has 1 aromatic heterocycles. The van der Waals surface area contributed by atoms with E-state index in [1.165, 1.54) is 0 Å². The lowest BCUT2D eigenvalue weighted by atomic mass is 10.3. The van der Waals surface area contributed by atoms with Gasteiger partial charge in [-0.1, -0.05) is 6.07 Å². The van der Waals surface area contributed by atoms with Crippen molar-refractivity contribution < 1.29 is 4.74 Å². The van der Waals surface area contributed by atoms with E-state index in [4.69, 9.17) is 4.74 Å². The molecule has 88 valence electrons. The number of nitrogens with zero attached hydrogens (tertiary/aromatic N) is 1. The lowest BCUT2D eigenvalue weighted by Crippen LogP contribution is -1.91. The first-order valence-electron chi connectivity index (χ1n) is 5.32. The molecule has 0 aliphatic heterocycles. The smallest absolute Gasteiger partial charge is 0.219 e. The Morgan fingerprint density at radius 1 is 1.12 bits per heavy atom. The van der Waals surface area contributed by atoms with E-state index in [0.717, 1.165) is 16.2 Å². The van der Waals surface area contributed by atoms with Crippen LogP contribution in [-0.4, -0.2) is 12.0 Å². The Labute approximate surface area is 105 Å². The summed E-state index contributed by atoms with van der Waals surface area (Å²) >= 11 is 1.57. The van der Waals surface area contributed by atoms with E-state index in [2.05, 4.69) is 9.71 Å². The van der Waals surface area contributed by atoms with Crippen molar-refractivity contribution in [1.29, 1.82) is 0 Å². The Kier molecular flexibility index (Phi) is 4.01. The Hall–Kier alpha value is -1.52. The van der Waals surface area contributed by atoms with Crippen LogP contribution in [0.3, 0.4) is 0 Å². The van der Waals surface area contributed by atoms with Gasteiger partial charge in [0.25, 0.3) is 0 Å². The van der Waals surface area contributed by atoms with Gasteiger partial charge in [0.15, 0.2) is 0 Å². The van der Waals surface area contributed by atoms with Gasteiger partial charge in [-0.05, 0) is 55.7 Å². The third kappa shape index (κ3) is 3.47. The van der Waals surface area contributed by atoms with E-state index in [1.807, 2.05) is 50.4 Å². The summed E-state index contributed by atoms with van der Waals surface area (Å²) in [6.07, 6.45) is 1.79. The number of ether oxygens (including phenoxy) is 1. The summed E-state index contributed by atoms with van der Waals surface area (Å²) in [5.41, 5.74) is 1.12. The molecule has 2 rings (SSSR count). The van der Waals surface area contributed by atoms with Crippen molar-refractivity contribution >= 4 is 11.9 Å². The molecule has 1 heterocycles. The summed E-state index contributed by atoms with van der Waals surface area (Å²) in [4.78, 5) is 5.34. The summed E-state index contributed by atoms with van der Waals surface area (Å²) in [6.45, 7) is 2.00. The summed E-state index contributed by atoms with van der Waals surface area (Å²) < 4.78 is 8.65. The van der Waals surface area contributed by atoms with Crippen LogP contribution in [0.15, 0.2) is 47.5 Å². The summed E-state index contributed by atoms with van der Waals surface area (Å²) in [5, 5.41) is 0. The van der Waals surface area contributed by atoms with Crippen LogP contribution in [0.1, 0.15) is 5.56 Å². The van der Waals surface area contributed by atoms with Crippen LogP contribution < -0.4 is 9.46 Å². The van der Waals surface area contributed by atoms with E-state index in [9.17, 15) is 0 Å². The van der Waals surface area contributed by atoms with Crippen LogP contribution in [0.5, 0.6) is 11.6 Å². The molecule has 0 radical (unpaired) electrons. The first-order chi connectivity index (χ1) is 8.28. The molecule has 1 N–H and O–H groups in total. The number of pyridine rings is 1. The van der Waals surface area contributed by atoms with Crippen LogP contribution in [0.4, 0.5) is 0 Å². The Bertz CT molecular complexity index is 468. The highest BCUT2D eigenvalue weighted by atomic mass is 32.2. The normalized spacial score (nSPS) is 10.2. The fourth-order valence-corrected chi connectivity index (χ4v) is 1.84. The first-order valence-corrected chi connectivity index (χ1v) is 6.14. The van der Waals surface area contributed by atoms with Crippen LogP contribution in [-0.2, 0) is 0 Å². The third-order valence-electron chi connectivity index (χ3n) is 2.15. The maximum Gasteiger partial charge on any atom is 0.219 e. The maximum absolute atomic E-state index is 5.63. The lowest BCUT2D eigenvalue weighted by Gasteiger charge is -2.05. The highest BCUT2D eigenvalue weighted by Crippen LogP contribution is 2.22. The highest BCUT2D eigenvalue weighted by molar-refractivity contribution is 7.97. The molecule has 0 amide bonds. The van der Waals surface area contributed by atoms with Crippen molar-refractivity contribution in [2.75, 3.05) is 7.05 Å². The number of aryl methyl sites for hydroxylation is 1. The number of hydrogen-bond donors (Lipinski definition) is 1. The molecule has 0 spiro atoms. The molecule has 0 saturated carbocycles. The van der Waals surface area contributed by atoms with Gasteiger partial charge >= 0.3 is 0 Å². The minimum absolute atomic E-state index is 0.615. The third-order valence-corrected chi connectivity index (χ3v) is 2.86. The molecule has 0 aliphatic carbocycles. The van der Waals surface area contributed by atoms with Crippen LogP contribution in [0.25, 0.3) is 0 Å². The van der Waals surface area contributed by atoms with Gasteiger partial charge in [0, 0.05) is 17.2 Å². The van der Waals surface area contributed by atoms with Gasteiger partial charge in [-0.25, -0.2) is 4.98 Å². The first kappa shape index (κ1) is 12.0. The molecule has 0 atom stereocenters. The monoisotopic (exact) mass is 246 g/mol. The molecule has 2 aromatic rings. The van der Waals surface area contributed by atoms with Crippen molar-refractivity contribution in [3.8, 4) is 11.6 Å². The second-order valence-corrected chi connectivity index (χ2v) is 4.64. The minimum atomic E-state index is 0.615. The molecule has 0 fully saturated rings. The summed E-state index contributed by atoms with van der Waals surface area (Å²) in [5.74, 6) is 1.41. The molecular formula is C13H14N2OS. The van der Waals surface area contributed by atoms with Crippen molar-refractivity contribution in [2.45, 2.75) is 11.8 Å². The second-order valence-electron chi connectivity index (χ2n) is 3.55. The van der Waals surface area contributed by atoms with Gasteiger partial charge in [0.2, 0.25) is 5.88 Å². The zero-order valence-corrected chi connectivity index (χ0v) is 10.6. The predicted octanol–water partition coefficient (Wildman–Crippen LogP) is 3.41. The number of aromatic nitrogens is 1. The topological polar surface area (TPSA) is 34.1 Å². The van der Waals surface area contributed by atoms with Gasteiger partial charge in [-0.2, -0.15) is 0 Å². The van der Waals surface area contributed by atoms with Crippen LogP contribution in [0, 0.1) is 6.92 Å². The molecule has 0 saturated heterocycles. The van der Waals surface area contributed by atoms with Gasteiger partial charge < -0.3 is 4.74 Å². The zero-order chi connectivity index (χ0) is 12.1. The lowest BCUT2D eigenvalue weighted by molar-refractivity contribution is 0.462. The van der Waals surface area contributed by atoms with Gasteiger partial charge in [0.1, 0.15) is 5.75 Å². The van der Waals surface area contributed by atoms with Gasteiger partial charge in [-0.15, -0.1) is 0 Å². The molecule has 0 aliphatic rings. The molecule has 0 unspecified atom stereocenters. The Morgan fingerprint density at radius 3 is 2.47 bits per heavy atom. The largest absolute Gasteiger partial charge is 0.439 e. The van der Waals surface area contributed by atoms with Gasteiger partial charge in [-0.3, -0.25) is 4.72 Å². The van der Waals surface area contributed by atoms with E-state index in [1.54, 1.807) is 18.1 Å². The molecule has 3 nitrogen and oxygen atoms in total. The predicted molar refractivity (Wildman–Crippen MR) is 70.4 cm³/mol. The number of benzene rings is 1. The highest BCUT2D eigenvalue weighted by Gasteiger charge is 1.98. The maximum atomic E-state index is 5.63. The van der Waals surface area contributed by atoms with Crippen molar-refractivity contribution in [1.82, 2.24) is 9.71 Å². The quantitative estimate of drug-likeness (QED) is 0.838. The molecule has 17 heavy (non-hydrogen) atoms. The van der Waals surface area contributed by atoms with Crippen LogP contribution >= 0.6 is 11.9 Å². The Balaban J connectivity index is 2.05. The molecule has 1 aromatic carbocycles. The fourth-order valence-electron chi connectivity index (χ4n) is 1.33. The molecular weight excluding hydrogens is 232 g/mol. The summed E-state index contributed by atoms with van der Waals surface area (Å²) in [6, 6.07) is 11.7. The zero-order valence-electron chi connectivity index (χ0n) is 9.81. The average Bonchev–Trinajstić information content (AvgIpc) is 2.35. The second kappa shape index (κ2) is 5.70. The number of rotatable bonds is 4. The standard InChI is InChI=1S/C13H14N2OS/c1-10-3-8-13(15-9-10)16-11-4-6-12(7-5-11)17-14-2/h3-9,14H,1-2H3. The number of hydrogen-bond acceptors (Lipinski definition) is 4. The SMILES string of the molecule is CNSc1ccc(Oc2ccc(C)cn2)cc1. The van der Waals surface area contributed by atoms with Crippen molar-refractivity contribution in [3.63, 3.8) is 0 Å². The van der Waals surface area contributed by atoms with Crippen molar-refractivity contribution in [3.05, 3.63) is 48.2 Å². The van der Waals surface area contributed by atoms with E-state index in [-0.39, 0.29) is 0 Å². The van der Waals surface area contributed by atoms with E-state index >= 15 is 0 Å². The molecule has 0 bridgehead atoms. The minimum Gasteiger partial charge on any atom is -0.439 e. The average molecular weight is 246 g/mol. The van der Waals surface area contributed by atoms with E-state index < -0.39 is 0 Å². The Morgan fingerprint density at radius 2 is 1.88 bits per heavy atom. The van der Waals surface area contributed by atoms with Crippen LogP contribution in [0.2, 0.25) is 0 Å². The van der Waals surface area contributed by atoms with Crippen molar-refractivity contribution in [2.24, 2.45) is 0 Å². The molecule has 4 heteroatoms. The number of nitrogens with one attached hydrogen (secondary N) is 1.